The van der Waals surface area contributed by atoms with Crippen molar-refractivity contribution in [2.24, 2.45) is 5.92 Å². The number of aliphatic carboxylic acids is 2. The van der Waals surface area contributed by atoms with Crippen LogP contribution in [-0.4, -0.2) is 36.5 Å². The first-order chi connectivity index (χ1) is 7.52. The number of rotatable bonds is 9. The van der Waals surface area contributed by atoms with Crippen molar-refractivity contribution >= 4 is 11.9 Å². The smallest absolute Gasteiger partial charge is 0.549 e. The molecule has 94 valence electrons. The number of nitrogens with zero attached hydrogens (tertiary/aromatic N) is 1. The third kappa shape index (κ3) is 10.8. The molecule has 0 aromatic rings. The maximum atomic E-state index is 10.4. The van der Waals surface area contributed by atoms with E-state index in [2.05, 4.69) is 18.7 Å². The first kappa shape index (κ1) is 24.0. The number of hydrogen-bond donors (Lipinski definition) is 0. The van der Waals surface area contributed by atoms with Gasteiger partial charge >= 0.3 is 59.1 Å². The minimum Gasteiger partial charge on any atom is -0.549 e. The van der Waals surface area contributed by atoms with Crippen molar-refractivity contribution in [1.29, 1.82) is 0 Å². The fraction of sp³-hybridized carbons (Fsp3) is 0.818. The molecule has 0 spiro atoms. The Hall–Kier alpha value is 0.900. The molecule has 0 rings (SSSR count). The normalized spacial score (nSPS) is 9.78. The van der Waals surface area contributed by atoms with Crippen LogP contribution in [-0.2, 0) is 9.59 Å². The molecule has 0 aromatic carbocycles. The van der Waals surface area contributed by atoms with Crippen molar-refractivity contribution in [2.75, 3.05) is 19.6 Å². The van der Waals surface area contributed by atoms with Gasteiger partial charge in [-0.2, -0.15) is 0 Å². The predicted octanol–water partition coefficient (Wildman–Crippen LogP) is -7.38. The van der Waals surface area contributed by atoms with Gasteiger partial charge in [0.25, 0.3) is 0 Å². The molecule has 0 saturated heterocycles. The van der Waals surface area contributed by atoms with E-state index in [1.165, 1.54) is 0 Å². The van der Waals surface area contributed by atoms with Gasteiger partial charge in [-0.25, -0.2) is 0 Å². The van der Waals surface area contributed by atoms with Gasteiger partial charge in [0.2, 0.25) is 0 Å². The molecule has 0 aliphatic heterocycles. The first-order valence-electron chi connectivity index (χ1n) is 5.66. The standard InChI is InChI=1S/C11H21NO4.2Na/c1-3-12(4-2)8-6-5-7-9(10(13)14)11(15)16;;/h9H,3-8H2,1-2H3,(H,13,14)(H,15,16);;/q;2*+1/p-2. The van der Waals surface area contributed by atoms with Gasteiger partial charge in [0.05, 0.1) is 11.9 Å². The van der Waals surface area contributed by atoms with Gasteiger partial charge in [0.15, 0.2) is 0 Å². The van der Waals surface area contributed by atoms with E-state index in [0.717, 1.165) is 26.1 Å². The summed E-state index contributed by atoms with van der Waals surface area (Å²) in [5.74, 6) is -4.58. The summed E-state index contributed by atoms with van der Waals surface area (Å²) in [7, 11) is 0. The molecule has 0 N–H and O–H groups in total. The second-order valence-corrected chi connectivity index (χ2v) is 3.71. The third-order valence-corrected chi connectivity index (χ3v) is 2.68. The Bertz CT molecular complexity index is 221. The van der Waals surface area contributed by atoms with Crippen LogP contribution in [0, 0.1) is 5.92 Å². The summed E-state index contributed by atoms with van der Waals surface area (Å²) in [6.45, 7) is 6.85. The summed E-state index contributed by atoms with van der Waals surface area (Å²) in [6, 6.07) is 0. The zero-order valence-electron chi connectivity index (χ0n) is 11.9. The maximum absolute atomic E-state index is 10.4. The van der Waals surface area contributed by atoms with Crippen LogP contribution in [0.1, 0.15) is 33.1 Å². The van der Waals surface area contributed by atoms with Crippen molar-refractivity contribution in [3.8, 4) is 0 Å². The summed E-state index contributed by atoms with van der Waals surface area (Å²) >= 11 is 0. The number of carbonyl (C=O) groups is 2. The van der Waals surface area contributed by atoms with Gasteiger partial charge in [-0.05, 0) is 32.5 Å². The molecule has 0 heterocycles. The number of hydrogen-bond acceptors (Lipinski definition) is 5. The monoisotopic (exact) mass is 275 g/mol. The van der Waals surface area contributed by atoms with Crippen molar-refractivity contribution in [2.45, 2.75) is 33.1 Å². The van der Waals surface area contributed by atoms with Gasteiger partial charge in [-0.3, -0.25) is 0 Å². The van der Waals surface area contributed by atoms with Gasteiger partial charge in [0, 0.05) is 5.92 Å². The number of unbranched alkanes of at least 4 members (excludes halogenated alkanes) is 1. The predicted molar refractivity (Wildman–Crippen MR) is 55.1 cm³/mol. The molecule has 0 unspecified atom stereocenters. The number of carboxylic acid groups (broad SMARTS) is 2. The van der Waals surface area contributed by atoms with Crippen LogP contribution in [0.5, 0.6) is 0 Å². The zero-order chi connectivity index (χ0) is 12.6. The van der Waals surface area contributed by atoms with E-state index in [1.54, 1.807) is 0 Å². The Kier molecular flexibility index (Phi) is 19.0. The van der Waals surface area contributed by atoms with Crippen molar-refractivity contribution in [3.63, 3.8) is 0 Å². The van der Waals surface area contributed by atoms with Crippen LogP contribution in [0.15, 0.2) is 0 Å². The van der Waals surface area contributed by atoms with Crippen LogP contribution < -0.4 is 69.3 Å². The summed E-state index contributed by atoms with van der Waals surface area (Å²) in [4.78, 5) is 23.1. The molecule has 0 radical (unpaired) electrons. The van der Waals surface area contributed by atoms with Gasteiger partial charge in [-0.15, -0.1) is 0 Å². The molecule has 5 nitrogen and oxygen atoms in total. The Morgan fingerprint density at radius 2 is 1.44 bits per heavy atom. The van der Waals surface area contributed by atoms with E-state index in [0.29, 0.717) is 6.42 Å². The molecule has 0 atom stereocenters. The van der Waals surface area contributed by atoms with E-state index in [9.17, 15) is 19.8 Å². The van der Waals surface area contributed by atoms with Crippen LogP contribution >= 0.6 is 0 Å². The van der Waals surface area contributed by atoms with E-state index < -0.39 is 17.9 Å². The second-order valence-electron chi connectivity index (χ2n) is 3.71. The van der Waals surface area contributed by atoms with Crippen LogP contribution in [0.25, 0.3) is 0 Å². The molecule has 0 bridgehead atoms. The average molecular weight is 275 g/mol. The van der Waals surface area contributed by atoms with Crippen LogP contribution in [0.3, 0.4) is 0 Å². The van der Waals surface area contributed by atoms with Gasteiger partial charge in [0.1, 0.15) is 0 Å². The number of carbonyl (C=O) groups excluding carboxylic acids is 2. The van der Waals surface area contributed by atoms with Crippen LogP contribution in [0.4, 0.5) is 0 Å². The second kappa shape index (κ2) is 14.3. The van der Waals surface area contributed by atoms with E-state index in [1.807, 2.05) is 0 Å². The first-order valence-corrected chi connectivity index (χ1v) is 5.66. The minimum absolute atomic E-state index is 0. The Balaban J connectivity index is -0.00000112. The number of carboxylic acids is 2. The molecule has 0 fully saturated rings. The van der Waals surface area contributed by atoms with Crippen LogP contribution in [0.2, 0.25) is 0 Å². The van der Waals surface area contributed by atoms with E-state index in [-0.39, 0.29) is 65.5 Å². The SMILES string of the molecule is CCN(CC)CCCCC(C(=O)[O-])C(=O)[O-].[Na+].[Na+]. The average Bonchev–Trinajstić information content (AvgIpc) is 2.22. The fourth-order valence-electron chi connectivity index (χ4n) is 1.56. The van der Waals surface area contributed by atoms with Crippen molar-refractivity contribution in [1.82, 2.24) is 4.90 Å². The summed E-state index contributed by atoms with van der Waals surface area (Å²) in [5, 5.41) is 20.9. The largest absolute Gasteiger partial charge is 1.00 e. The molecule has 18 heavy (non-hydrogen) atoms. The van der Waals surface area contributed by atoms with E-state index in [4.69, 9.17) is 0 Å². The topological polar surface area (TPSA) is 83.5 Å². The maximum Gasteiger partial charge on any atom is 1.00 e. The molecule has 7 heteroatoms. The molecule has 0 amide bonds. The zero-order valence-corrected chi connectivity index (χ0v) is 15.9. The molecular formula is C11H19NNa2O4. The van der Waals surface area contributed by atoms with Gasteiger partial charge < -0.3 is 24.7 Å². The Morgan fingerprint density at radius 3 is 1.78 bits per heavy atom. The van der Waals surface area contributed by atoms with Crippen molar-refractivity contribution < 1.29 is 78.9 Å². The third-order valence-electron chi connectivity index (χ3n) is 2.68. The Morgan fingerprint density at radius 1 is 1.00 bits per heavy atom. The fourth-order valence-corrected chi connectivity index (χ4v) is 1.56. The van der Waals surface area contributed by atoms with E-state index >= 15 is 0 Å². The molecule has 0 aliphatic rings. The minimum atomic E-state index is -1.55. The molecule has 0 aromatic heterocycles. The summed E-state index contributed by atoms with van der Waals surface area (Å²) < 4.78 is 0. The Labute approximate surface area is 153 Å². The molecule has 0 saturated carbocycles. The van der Waals surface area contributed by atoms with Gasteiger partial charge in [-0.1, -0.05) is 20.3 Å². The van der Waals surface area contributed by atoms with Crippen molar-refractivity contribution in [3.05, 3.63) is 0 Å². The summed E-state index contributed by atoms with van der Waals surface area (Å²) in [5.41, 5.74) is 0. The quantitative estimate of drug-likeness (QED) is 0.237. The summed E-state index contributed by atoms with van der Waals surface area (Å²) in [6.07, 6.45) is 1.44. The molecule has 0 aliphatic carbocycles. The molecular weight excluding hydrogens is 256 g/mol.